The van der Waals surface area contributed by atoms with Crippen molar-refractivity contribution in [1.29, 1.82) is 0 Å². The number of unbranched alkanes of at least 4 members (excludes halogenated alkanes) is 3. The molecule has 2 aromatic heterocycles. The molecule has 79 heavy (non-hydrogen) atoms. The van der Waals surface area contributed by atoms with Gasteiger partial charge in [-0.15, -0.1) is 11.3 Å². The van der Waals surface area contributed by atoms with Crippen molar-refractivity contribution in [3.63, 3.8) is 0 Å². The number of carbonyl (C=O) groups is 10. The minimum Gasteiger partial charge on any atom is -0.460 e. The molecule has 1 fully saturated rings. The molecule has 4 rings (SSSR count). The van der Waals surface area contributed by atoms with Crippen LogP contribution in [-0.4, -0.2) is 124 Å². The lowest BCUT2D eigenvalue weighted by molar-refractivity contribution is -0.159. The third-order valence-corrected chi connectivity index (χ3v) is 13.3. The number of nitrogens with zero attached hydrogens (tertiary/aromatic N) is 2. The van der Waals surface area contributed by atoms with Crippen molar-refractivity contribution in [3.05, 3.63) is 53.0 Å². The molecule has 436 valence electrons. The van der Waals surface area contributed by atoms with Gasteiger partial charge in [-0.2, -0.15) is 0 Å². The van der Waals surface area contributed by atoms with E-state index in [0.29, 0.717) is 63.7 Å². The largest absolute Gasteiger partial charge is 0.460 e. The molecule has 1 aliphatic rings. The minimum atomic E-state index is -1.69. The molecule has 1 aromatic carbocycles. The highest BCUT2D eigenvalue weighted by atomic mass is 32.1. The number of hydrogen-bond donors (Lipinski definition) is 6. The summed E-state index contributed by atoms with van der Waals surface area (Å²) < 4.78 is 18.9. The first-order valence-corrected chi connectivity index (χ1v) is 28.1. The van der Waals surface area contributed by atoms with E-state index in [2.05, 4.69) is 31.9 Å². The number of nitrogens with one attached hydrogen (secondary N) is 6. The maximum Gasteiger partial charge on any atom is 0.308 e. The molecule has 0 aliphatic heterocycles. The van der Waals surface area contributed by atoms with E-state index in [9.17, 15) is 47.9 Å². The number of rotatable bonds is 26. The first-order chi connectivity index (χ1) is 36.9. The summed E-state index contributed by atoms with van der Waals surface area (Å²) in [6, 6.07) is 6.69. The topological polar surface area (TPSA) is 279 Å². The van der Waals surface area contributed by atoms with Crippen molar-refractivity contribution in [2.45, 2.75) is 201 Å². The third kappa shape index (κ3) is 22.4. The van der Waals surface area contributed by atoms with Gasteiger partial charge in [0.15, 0.2) is 0 Å². The lowest BCUT2D eigenvalue weighted by Crippen LogP contribution is -2.58. The molecule has 3 atom stereocenters. The molecule has 6 N–H and O–H groups in total. The predicted octanol–water partition coefficient (Wildman–Crippen LogP) is 5.82. The van der Waals surface area contributed by atoms with Crippen molar-refractivity contribution in [3.8, 4) is 0 Å². The fourth-order valence-corrected chi connectivity index (χ4v) is 9.80. The summed E-state index contributed by atoms with van der Waals surface area (Å²) in [6.07, 6.45) is 3.14. The van der Waals surface area contributed by atoms with Crippen molar-refractivity contribution in [1.82, 2.24) is 36.5 Å². The van der Waals surface area contributed by atoms with Crippen LogP contribution in [0.3, 0.4) is 0 Å². The predicted molar refractivity (Wildman–Crippen MR) is 300 cm³/mol. The number of anilines is 1. The van der Waals surface area contributed by atoms with Crippen LogP contribution in [0.1, 0.15) is 163 Å². The Balaban J connectivity index is 1.26. The summed E-state index contributed by atoms with van der Waals surface area (Å²) in [4.78, 5) is 134. The van der Waals surface area contributed by atoms with Crippen LogP contribution in [0.15, 0.2) is 41.8 Å². The maximum atomic E-state index is 14.0. The molecule has 1 saturated carbocycles. The Kier molecular flexibility index (Phi) is 24.1. The summed E-state index contributed by atoms with van der Waals surface area (Å²) in [5.41, 5.74) is 0.276. The zero-order valence-corrected chi connectivity index (χ0v) is 49.0. The van der Waals surface area contributed by atoms with E-state index in [4.69, 9.17) is 14.2 Å². The molecule has 7 amide bonds. The first-order valence-electron chi connectivity index (χ1n) is 27.2. The van der Waals surface area contributed by atoms with E-state index in [-0.39, 0.29) is 42.8 Å². The molecule has 0 spiro atoms. The van der Waals surface area contributed by atoms with Crippen molar-refractivity contribution in [2.24, 2.45) is 5.92 Å². The van der Waals surface area contributed by atoms with Crippen LogP contribution in [0.2, 0.25) is 0 Å². The number of thiophene rings is 1. The van der Waals surface area contributed by atoms with Gasteiger partial charge < -0.3 is 55.6 Å². The van der Waals surface area contributed by atoms with Gasteiger partial charge in [0, 0.05) is 44.2 Å². The van der Waals surface area contributed by atoms with Crippen LogP contribution in [0.5, 0.6) is 0 Å². The second-order valence-corrected chi connectivity index (χ2v) is 24.0. The molecular weight excluding hydrogens is 1040 g/mol. The number of esters is 3. The molecular formula is C57H84N8O13S. The number of benzene rings is 1. The normalized spacial score (nSPS) is 15.8. The number of aromatic nitrogens is 1. The van der Waals surface area contributed by atoms with Crippen LogP contribution in [0, 0.1) is 12.8 Å². The molecule has 22 heteroatoms. The van der Waals surface area contributed by atoms with Crippen molar-refractivity contribution >= 4 is 86.5 Å². The monoisotopic (exact) mass is 1120 g/mol. The average Bonchev–Trinajstić information content (AvgIpc) is 4.08. The van der Waals surface area contributed by atoms with Gasteiger partial charge in [-0.25, -0.2) is 0 Å². The van der Waals surface area contributed by atoms with E-state index >= 15 is 0 Å². The quantitative estimate of drug-likeness (QED) is 0.0315. The van der Waals surface area contributed by atoms with E-state index in [1.165, 1.54) is 11.3 Å². The summed E-state index contributed by atoms with van der Waals surface area (Å²) in [6.45, 7) is 20.7. The molecule has 0 saturated heterocycles. The highest BCUT2D eigenvalue weighted by Crippen LogP contribution is 2.29. The first kappa shape index (κ1) is 64.7. The number of ether oxygens (including phenoxy) is 3. The lowest BCUT2D eigenvalue weighted by atomic mass is 9.85. The van der Waals surface area contributed by atoms with Gasteiger partial charge in [0.05, 0.1) is 29.5 Å². The molecule has 0 radical (unpaired) electrons. The molecule has 0 unspecified atom stereocenters. The van der Waals surface area contributed by atoms with Gasteiger partial charge in [0.1, 0.15) is 47.2 Å². The van der Waals surface area contributed by atoms with E-state index in [1.807, 2.05) is 55.6 Å². The number of hydrogen-bond acceptors (Lipinski definition) is 14. The van der Waals surface area contributed by atoms with E-state index in [1.54, 1.807) is 71.8 Å². The Morgan fingerprint density at radius 1 is 0.658 bits per heavy atom. The molecule has 1 aliphatic carbocycles. The lowest BCUT2D eigenvalue weighted by Gasteiger charge is -2.28. The standard InChI is InChI=1S/C57H84N8O13S/c1-13-64(39-20-18-19-35(2)29-39)46(67)34-65-43-25-28-79-45(43)33-44(65)54(75)61-38-23-21-37(22-24-38)50(71)58-26-16-14-15-17-27-59-51(72)40(30-47(68)76-55(4,5)6)62-53(74)42(32-49(70)78-57(10,11)12)63-52(73)41(60-36(3)66)31-48(69)77-56(7,8)9/h18-20,25,28-29,33,37-38,40-42H,13-17,21-24,26-27,30-32,34H2,1-12H3,(H,58,71)(H,59,72)(H,60,66)(H,61,75)(H,62,74)(H,63,73)/t37?,38?,40-,41-,42-/m0/s1. The van der Waals surface area contributed by atoms with Gasteiger partial charge in [0.25, 0.3) is 5.91 Å². The summed E-state index contributed by atoms with van der Waals surface area (Å²) in [5, 5.41) is 18.1. The summed E-state index contributed by atoms with van der Waals surface area (Å²) >= 11 is 1.51. The fraction of sp³-hybridized carbons (Fsp3) is 0.614. The van der Waals surface area contributed by atoms with Crippen molar-refractivity contribution in [2.75, 3.05) is 24.5 Å². The number of fused-ring (bicyclic) bond motifs is 1. The van der Waals surface area contributed by atoms with Gasteiger partial charge in [-0.3, -0.25) is 47.9 Å². The molecule has 2 heterocycles. The molecule has 21 nitrogen and oxygen atoms in total. The average molecular weight is 1120 g/mol. The van der Waals surface area contributed by atoms with Crippen LogP contribution >= 0.6 is 11.3 Å². The van der Waals surface area contributed by atoms with Crippen molar-refractivity contribution < 1.29 is 62.2 Å². The number of carbonyl (C=O) groups excluding carboxylic acids is 10. The number of aryl methyl sites for hydroxylation is 1. The zero-order valence-electron chi connectivity index (χ0n) is 48.1. The highest BCUT2D eigenvalue weighted by molar-refractivity contribution is 7.17. The van der Waals surface area contributed by atoms with Gasteiger partial charge >= 0.3 is 17.9 Å². The van der Waals surface area contributed by atoms with E-state index < -0.39 is 95.7 Å². The highest BCUT2D eigenvalue weighted by Gasteiger charge is 2.36. The van der Waals surface area contributed by atoms with Gasteiger partial charge in [-0.1, -0.05) is 25.0 Å². The van der Waals surface area contributed by atoms with Gasteiger partial charge in [-0.05, 0) is 150 Å². The Bertz CT molecular complexity index is 2630. The Labute approximate surface area is 468 Å². The Morgan fingerprint density at radius 2 is 1.16 bits per heavy atom. The Hall–Kier alpha value is -6.84. The fourth-order valence-electron chi connectivity index (χ4n) is 8.98. The zero-order chi connectivity index (χ0) is 58.8. The second-order valence-electron chi connectivity index (χ2n) is 23.0. The number of likely N-dealkylation sites (N-methyl/N-ethyl adjacent to an activating group) is 1. The molecule has 0 bridgehead atoms. The Morgan fingerprint density at radius 3 is 1.66 bits per heavy atom. The van der Waals surface area contributed by atoms with Crippen LogP contribution < -0.4 is 36.8 Å². The van der Waals surface area contributed by atoms with Crippen LogP contribution in [-0.2, 0) is 63.9 Å². The summed E-state index contributed by atoms with van der Waals surface area (Å²) in [5.74, 6) is -6.57. The van der Waals surface area contributed by atoms with Gasteiger partial charge in [0.2, 0.25) is 35.4 Å². The molecule has 3 aromatic rings. The second kappa shape index (κ2) is 29.4. The summed E-state index contributed by atoms with van der Waals surface area (Å²) in [7, 11) is 0. The maximum absolute atomic E-state index is 14.0. The number of amides is 7. The minimum absolute atomic E-state index is 0.00690. The van der Waals surface area contributed by atoms with Crippen LogP contribution in [0.4, 0.5) is 5.69 Å². The third-order valence-electron chi connectivity index (χ3n) is 12.4. The van der Waals surface area contributed by atoms with E-state index in [0.717, 1.165) is 34.8 Å². The smallest absolute Gasteiger partial charge is 0.308 e. The SMILES string of the molecule is CCN(C(=O)Cn1c(C(=O)NC2CCC(C(=O)NCCCCCCNC(=O)[C@H](CC(=O)OC(C)(C)C)NC(=O)[C@H](CC(=O)OC(C)(C)C)NC(=O)[C@H](CC(=O)OC(C)(C)C)NC(C)=O)CC2)cc2sccc21)c1cccc(C)c1. The van der Waals surface area contributed by atoms with Crippen LogP contribution in [0.25, 0.3) is 10.2 Å².